The van der Waals surface area contributed by atoms with Crippen molar-refractivity contribution >= 4 is 22.6 Å². The van der Waals surface area contributed by atoms with E-state index in [9.17, 15) is 9.18 Å². The highest BCUT2D eigenvalue weighted by Crippen LogP contribution is 2.49. The molecule has 0 N–H and O–H groups in total. The average Bonchev–Trinajstić information content (AvgIpc) is 3.00. The average molecular weight is 369 g/mol. The van der Waals surface area contributed by atoms with Gasteiger partial charge in [-0.05, 0) is 13.0 Å². The van der Waals surface area contributed by atoms with Gasteiger partial charge in [0.25, 0.3) is 0 Å². The van der Waals surface area contributed by atoms with E-state index in [-0.39, 0.29) is 30.0 Å². The second-order valence-corrected chi connectivity index (χ2v) is 7.85. The van der Waals surface area contributed by atoms with Gasteiger partial charge in [-0.15, -0.1) is 11.8 Å². The first kappa shape index (κ1) is 17.4. The van der Waals surface area contributed by atoms with Gasteiger partial charge < -0.3 is 4.74 Å². The number of benzene rings is 2. The molecule has 0 spiro atoms. The maximum atomic E-state index is 14.6. The molecule has 2 aliphatic heterocycles. The van der Waals surface area contributed by atoms with E-state index in [2.05, 4.69) is 0 Å². The Kier molecular flexibility index (Phi) is 4.67. The normalized spacial score (nSPS) is 27.7. The molecule has 3 atom stereocenters. The highest BCUT2D eigenvalue weighted by Gasteiger charge is 2.54. The molecule has 26 heavy (non-hydrogen) atoms. The lowest BCUT2D eigenvalue weighted by molar-refractivity contribution is 0.0944. The van der Waals surface area contributed by atoms with Gasteiger partial charge in [0.2, 0.25) is 0 Å². The largest absolute Gasteiger partial charge is 0.375 e. The molecule has 2 aliphatic rings. The van der Waals surface area contributed by atoms with Gasteiger partial charge >= 0.3 is 0 Å². The number of carbonyl (C=O) groups excluding carboxylic acids is 1. The number of Topliss-reactive ketones (excluding diaryl/α,β-unsaturated/α-hetero) is 1. The third-order valence-electron chi connectivity index (χ3n) is 5.26. The molecule has 0 saturated carbocycles. The van der Waals surface area contributed by atoms with Crippen molar-refractivity contribution in [3.63, 3.8) is 0 Å². The summed E-state index contributed by atoms with van der Waals surface area (Å²) in [7, 11) is 0. The second-order valence-electron chi connectivity index (χ2n) is 6.76. The van der Waals surface area contributed by atoms with Gasteiger partial charge in [0.05, 0.1) is 24.2 Å². The van der Waals surface area contributed by atoms with E-state index in [0.29, 0.717) is 17.7 Å². The SMILES string of the molecule is C[C@@H]1OC[C@H]2CSC(CC(=O)c3ccccc3)=N[C@]21c1ccccc1F. The molecule has 0 amide bonds. The Balaban J connectivity index is 1.71. The molecule has 5 heteroatoms. The number of thioether (sulfide) groups is 1. The van der Waals surface area contributed by atoms with Crippen molar-refractivity contribution in [2.45, 2.75) is 25.0 Å². The summed E-state index contributed by atoms with van der Waals surface area (Å²) < 4.78 is 20.5. The van der Waals surface area contributed by atoms with Gasteiger partial charge in [-0.3, -0.25) is 9.79 Å². The summed E-state index contributed by atoms with van der Waals surface area (Å²) in [6.45, 7) is 2.51. The second kappa shape index (κ2) is 6.97. The number of ether oxygens (including phenoxy) is 1. The van der Waals surface area contributed by atoms with E-state index in [1.807, 2.05) is 43.3 Å². The van der Waals surface area contributed by atoms with Gasteiger partial charge in [0, 0.05) is 22.8 Å². The van der Waals surface area contributed by atoms with Crippen molar-refractivity contribution in [1.29, 1.82) is 0 Å². The third kappa shape index (κ3) is 2.89. The molecule has 134 valence electrons. The van der Waals surface area contributed by atoms with Crippen LogP contribution in [-0.4, -0.2) is 29.3 Å². The first-order chi connectivity index (χ1) is 12.6. The van der Waals surface area contributed by atoms with Crippen LogP contribution in [0.15, 0.2) is 59.6 Å². The van der Waals surface area contributed by atoms with Crippen molar-refractivity contribution in [3.05, 3.63) is 71.5 Å². The van der Waals surface area contributed by atoms with Crippen LogP contribution in [0.5, 0.6) is 0 Å². The molecule has 2 aromatic rings. The molecule has 2 aromatic carbocycles. The summed E-state index contributed by atoms with van der Waals surface area (Å²) in [5.41, 5.74) is 0.497. The zero-order chi connectivity index (χ0) is 18.1. The molecule has 1 fully saturated rings. The van der Waals surface area contributed by atoms with Crippen LogP contribution in [0.3, 0.4) is 0 Å². The van der Waals surface area contributed by atoms with Crippen molar-refractivity contribution < 1.29 is 13.9 Å². The predicted octanol–water partition coefficient (Wildman–Crippen LogP) is 4.47. The van der Waals surface area contributed by atoms with Crippen LogP contribution in [-0.2, 0) is 10.3 Å². The molecule has 2 heterocycles. The van der Waals surface area contributed by atoms with E-state index in [1.165, 1.54) is 6.07 Å². The summed E-state index contributed by atoms with van der Waals surface area (Å²) in [4.78, 5) is 17.5. The zero-order valence-electron chi connectivity index (χ0n) is 14.5. The van der Waals surface area contributed by atoms with Gasteiger partial charge in [-0.2, -0.15) is 0 Å². The van der Waals surface area contributed by atoms with E-state index in [0.717, 1.165) is 10.8 Å². The summed E-state index contributed by atoms with van der Waals surface area (Å²) in [5, 5.41) is 0.760. The maximum absolute atomic E-state index is 14.6. The first-order valence-electron chi connectivity index (χ1n) is 8.77. The van der Waals surface area contributed by atoms with E-state index >= 15 is 0 Å². The maximum Gasteiger partial charge on any atom is 0.169 e. The summed E-state index contributed by atoms with van der Waals surface area (Å²) in [6, 6.07) is 16.0. The molecule has 4 rings (SSSR count). The van der Waals surface area contributed by atoms with Crippen LogP contribution in [0.1, 0.15) is 29.3 Å². The van der Waals surface area contributed by atoms with Crippen LogP contribution in [0.2, 0.25) is 0 Å². The molecule has 0 aliphatic carbocycles. The Morgan fingerprint density at radius 1 is 1.23 bits per heavy atom. The Morgan fingerprint density at radius 3 is 2.73 bits per heavy atom. The van der Waals surface area contributed by atoms with Crippen LogP contribution >= 0.6 is 11.8 Å². The fraction of sp³-hybridized carbons (Fsp3) is 0.333. The quantitative estimate of drug-likeness (QED) is 0.746. The minimum absolute atomic E-state index is 0.0329. The summed E-state index contributed by atoms with van der Waals surface area (Å²) >= 11 is 1.59. The molecule has 1 saturated heterocycles. The lowest BCUT2D eigenvalue weighted by Crippen LogP contribution is -2.43. The van der Waals surface area contributed by atoms with Gasteiger partial charge in [0.15, 0.2) is 5.78 Å². The molecule has 0 bridgehead atoms. The number of carbonyl (C=O) groups is 1. The Hall–Kier alpha value is -1.98. The number of hydrogen-bond donors (Lipinski definition) is 0. The Bertz CT molecular complexity index is 854. The molecule has 0 radical (unpaired) electrons. The molecular weight excluding hydrogens is 349 g/mol. The van der Waals surface area contributed by atoms with Crippen LogP contribution in [0.25, 0.3) is 0 Å². The fourth-order valence-electron chi connectivity index (χ4n) is 3.88. The van der Waals surface area contributed by atoms with Crippen LogP contribution in [0, 0.1) is 11.7 Å². The van der Waals surface area contributed by atoms with Crippen molar-refractivity contribution in [2.24, 2.45) is 10.9 Å². The third-order valence-corrected chi connectivity index (χ3v) is 6.40. The number of ketones is 1. The summed E-state index contributed by atoms with van der Waals surface area (Å²) in [6.07, 6.45) is 0.0109. The Morgan fingerprint density at radius 2 is 1.96 bits per heavy atom. The minimum Gasteiger partial charge on any atom is -0.375 e. The predicted molar refractivity (Wildman–Crippen MR) is 102 cm³/mol. The van der Waals surface area contributed by atoms with Crippen molar-refractivity contribution in [2.75, 3.05) is 12.4 Å². The highest BCUT2D eigenvalue weighted by molar-refractivity contribution is 8.14. The first-order valence-corrected chi connectivity index (χ1v) is 9.76. The Labute approximate surface area is 156 Å². The van der Waals surface area contributed by atoms with Crippen LogP contribution in [0.4, 0.5) is 4.39 Å². The standard InChI is InChI=1S/C21H20FNO2S/c1-14-21(17-9-5-6-10-18(17)22)16(12-25-14)13-26-20(23-21)11-19(24)15-7-3-2-4-8-15/h2-10,14,16H,11-13H2,1H3/t14-,16-,21-/m0/s1. The topological polar surface area (TPSA) is 38.7 Å². The highest BCUT2D eigenvalue weighted by atomic mass is 32.2. The number of aliphatic imine (C=N–C) groups is 1. The number of hydrogen-bond acceptors (Lipinski definition) is 4. The van der Waals surface area contributed by atoms with Crippen LogP contribution < -0.4 is 0 Å². The molecule has 0 aromatic heterocycles. The smallest absolute Gasteiger partial charge is 0.169 e. The van der Waals surface area contributed by atoms with E-state index in [1.54, 1.807) is 23.9 Å². The zero-order valence-corrected chi connectivity index (χ0v) is 15.3. The molecule has 3 nitrogen and oxygen atoms in total. The number of nitrogens with zero attached hydrogens (tertiary/aromatic N) is 1. The molecule has 0 unspecified atom stereocenters. The lowest BCUT2D eigenvalue weighted by atomic mass is 9.77. The van der Waals surface area contributed by atoms with Crippen molar-refractivity contribution in [3.8, 4) is 0 Å². The van der Waals surface area contributed by atoms with E-state index in [4.69, 9.17) is 9.73 Å². The number of rotatable bonds is 4. The minimum atomic E-state index is -0.747. The fourth-order valence-corrected chi connectivity index (χ4v) is 5.07. The van der Waals surface area contributed by atoms with Gasteiger partial charge in [-0.1, -0.05) is 48.5 Å². The monoisotopic (exact) mass is 369 g/mol. The lowest BCUT2D eigenvalue weighted by Gasteiger charge is -2.38. The van der Waals surface area contributed by atoms with Crippen molar-refractivity contribution in [1.82, 2.24) is 0 Å². The summed E-state index contributed by atoms with van der Waals surface area (Å²) in [5.74, 6) is 0.652. The van der Waals surface area contributed by atoms with Gasteiger partial charge in [0.1, 0.15) is 11.4 Å². The molecular formula is C21H20FNO2S. The number of halogens is 1. The van der Waals surface area contributed by atoms with E-state index < -0.39 is 5.54 Å². The van der Waals surface area contributed by atoms with Gasteiger partial charge in [-0.25, -0.2) is 4.39 Å². The number of fused-ring (bicyclic) bond motifs is 1.